The smallest absolute Gasteiger partial charge is 0.321 e. The molecule has 1 heterocycles. The number of ketones is 1. The number of benzene rings is 2. The topological polar surface area (TPSA) is 122 Å². The lowest BCUT2D eigenvalue weighted by Gasteiger charge is -2.31. The predicted octanol–water partition coefficient (Wildman–Crippen LogP) is 3.12. The molecule has 0 aliphatic carbocycles. The standard InChI is InChI=1S/C23H27N3O6S/c1-16(21(27)17-8-10-20(11-9-17)25-33(2,30)31)32-22(28)18-12-14-26(15-13-18)23(29)24-19-6-4-3-5-7-19/h3-11,16,18,25H,12-15H2,1-2H3,(H,24,29)/t16-/m1/s1. The number of hydrogen-bond acceptors (Lipinski definition) is 6. The number of carbonyl (C=O) groups excluding carboxylic acids is 3. The first-order chi connectivity index (χ1) is 15.6. The quantitative estimate of drug-likeness (QED) is 0.471. The van der Waals surface area contributed by atoms with E-state index < -0.39 is 22.1 Å². The molecule has 176 valence electrons. The van der Waals surface area contributed by atoms with E-state index in [1.54, 1.807) is 17.0 Å². The van der Waals surface area contributed by atoms with E-state index in [4.69, 9.17) is 4.74 Å². The van der Waals surface area contributed by atoms with E-state index in [2.05, 4.69) is 10.0 Å². The summed E-state index contributed by atoms with van der Waals surface area (Å²) in [5.41, 5.74) is 1.35. The van der Waals surface area contributed by atoms with Gasteiger partial charge in [0.15, 0.2) is 6.10 Å². The molecule has 1 saturated heterocycles. The maximum atomic E-state index is 12.6. The largest absolute Gasteiger partial charge is 0.454 e. The summed E-state index contributed by atoms with van der Waals surface area (Å²) in [5, 5.41) is 2.83. The van der Waals surface area contributed by atoms with Crippen LogP contribution in [0.4, 0.5) is 16.2 Å². The number of carbonyl (C=O) groups is 3. The van der Waals surface area contributed by atoms with Crippen LogP contribution in [0.2, 0.25) is 0 Å². The Morgan fingerprint density at radius 3 is 2.15 bits per heavy atom. The molecule has 0 bridgehead atoms. The number of sulfonamides is 1. The highest BCUT2D eigenvalue weighted by molar-refractivity contribution is 7.92. The van der Waals surface area contributed by atoms with Gasteiger partial charge >= 0.3 is 12.0 Å². The Kier molecular flexibility index (Phi) is 7.70. The molecule has 0 aromatic heterocycles. The monoisotopic (exact) mass is 473 g/mol. The number of hydrogen-bond donors (Lipinski definition) is 2. The second-order valence-corrected chi connectivity index (χ2v) is 9.70. The normalized spacial score (nSPS) is 15.4. The molecule has 0 spiro atoms. The molecule has 9 nitrogen and oxygen atoms in total. The summed E-state index contributed by atoms with van der Waals surface area (Å²) >= 11 is 0. The second-order valence-electron chi connectivity index (χ2n) is 7.95. The molecule has 1 fully saturated rings. The van der Waals surface area contributed by atoms with Crippen molar-refractivity contribution in [2.75, 3.05) is 29.4 Å². The van der Waals surface area contributed by atoms with E-state index >= 15 is 0 Å². The lowest BCUT2D eigenvalue weighted by Crippen LogP contribution is -2.43. The van der Waals surface area contributed by atoms with Crippen molar-refractivity contribution in [1.82, 2.24) is 4.90 Å². The molecule has 2 aromatic carbocycles. The number of anilines is 2. The van der Waals surface area contributed by atoms with Gasteiger partial charge in [0, 0.05) is 30.0 Å². The van der Waals surface area contributed by atoms with Crippen molar-refractivity contribution >= 4 is 39.2 Å². The highest BCUT2D eigenvalue weighted by Crippen LogP contribution is 2.21. The number of amides is 2. The fraction of sp³-hybridized carbons (Fsp3) is 0.348. The van der Waals surface area contributed by atoms with Crippen LogP contribution >= 0.6 is 0 Å². The summed E-state index contributed by atoms with van der Waals surface area (Å²) in [6.45, 7) is 2.33. The number of para-hydroxylation sites is 1. The van der Waals surface area contributed by atoms with Gasteiger partial charge in [0.1, 0.15) is 0 Å². The summed E-state index contributed by atoms with van der Waals surface area (Å²) in [7, 11) is -3.41. The van der Waals surface area contributed by atoms with E-state index in [1.165, 1.54) is 31.2 Å². The van der Waals surface area contributed by atoms with Crippen molar-refractivity contribution in [1.29, 1.82) is 0 Å². The molecule has 2 N–H and O–H groups in total. The number of rotatable bonds is 7. The minimum atomic E-state index is -3.41. The Balaban J connectivity index is 1.48. The third-order valence-electron chi connectivity index (χ3n) is 5.28. The molecule has 2 amide bonds. The van der Waals surface area contributed by atoms with Crippen molar-refractivity contribution in [3.8, 4) is 0 Å². The third kappa shape index (κ3) is 7.04. The van der Waals surface area contributed by atoms with E-state index in [-0.39, 0.29) is 17.7 Å². The summed E-state index contributed by atoms with van der Waals surface area (Å²) in [4.78, 5) is 39.2. The number of nitrogens with zero attached hydrogens (tertiary/aromatic N) is 1. The van der Waals surface area contributed by atoms with Crippen LogP contribution in [0.5, 0.6) is 0 Å². The van der Waals surface area contributed by atoms with Gasteiger partial charge in [-0.2, -0.15) is 0 Å². The van der Waals surface area contributed by atoms with Gasteiger partial charge in [0.25, 0.3) is 0 Å². The minimum Gasteiger partial charge on any atom is -0.454 e. The van der Waals surface area contributed by atoms with Gasteiger partial charge < -0.3 is 15.0 Å². The maximum absolute atomic E-state index is 12.6. The number of ether oxygens (including phenoxy) is 1. The number of urea groups is 1. The van der Waals surface area contributed by atoms with E-state index in [0.29, 0.717) is 42.9 Å². The van der Waals surface area contributed by atoms with Crippen molar-refractivity contribution in [2.24, 2.45) is 5.92 Å². The molecular formula is C23H27N3O6S. The Hall–Kier alpha value is -3.40. The number of esters is 1. The van der Waals surface area contributed by atoms with Gasteiger partial charge in [0.2, 0.25) is 15.8 Å². The third-order valence-corrected chi connectivity index (χ3v) is 5.88. The van der Waals surface area contributed by atoms with Crippen LogP contribution in [0.25, 0.3) is 0 Å². The first kappa shape index (κ1) is 24.2. The lowest BCUT2D eigenvalue weighted by molar-refractivity contribution is -0.152. The summed E-state index contributed by atoms with van der Waals surface area (Å²) in [5.74, 6) is -1.23. The van der Waals surface area contributed by atoms with E-state index in [1.807, 2.05) is 18.2 Å². The van der Waals surface area contributed by atoms with E-state index in [0.717, 1.165) is 6.26 Å². The summed E-state index contributed by atoms with van der Waals surface area (Å²) < 4.78 is 30.3. The van der Waals surface area contributed by atoms with Crippen LogP contribution < -0.4 is 10.0 Å². The predicted molar refractivity (Wildman–Crippen MR) is 125 cm³/mol. The van der Waals surface area contributed by atoms with Gasteiger partial charge in [-0.15, -0.1) is 0 Å². The number of likely N-dealkylation sites (tertiary alicyclic amines) is 1. The Bertz CT molecular complexity index is 1090. The molecule has 1 aliphatic rings. The molecule has 1 aliphatic heterocycles. The number of Topliss-reactive ketones (excluding diaryl/α,β-unsaturated/α-hetero) is 1. The highest BCUT2D eigenvalue weighted by Gasteiger charge is 2.30. The summed E-state index contributed by atoms with van der Waals surface area (Å²) in [6, 6.07) is 14.8. The van der Waals surface area contributed by atoms with Crippen LogP contribution in [0.1, 0.15) is 30.1 Å². The van der Waals surface area contributed by atoms with Gasteiger partial charge in [-0.05, 0) is 56.2 Å². The molecule has 3 rings (SSSR count). The second kappa shape index (κ2) is 10.5. The van der Waals surface area contributed by atoms with Crippen molar-refractivity contribution in [2.45, 2.75) is 25.9 Å². The van der Waals surface area contributed by atoms with Crippen molar-refractivity contribution < 1.29 is 27.5 Å². The lowest BCUT2D eigenvalue weighted by atomic mass is 9.97. The van der Waals surface area contributed by atoms with Gasteiger partial charge in [0.05, 0.1) is 12.2 Å². The van der Waals surface area contributed by atoms with E-state index in [9.17, 15) is 22.8 Å². The molecule has 10 heteroatoms. The SMILES string of the molecule is C[C@@H](OC(=O)C1CCN(C(=O)Nc2ccccc2)CC1)C(=O)c1ccc(NS(C)(=O)=O)cc1. The van der Waals surface area contributed by atoms with Crippen LogP contribution in [0.15, 0.2) is 54.6 Å². The Labute approximate surface area is 193 Å². The molecule has 0 unspecified atom stereocenters. The molecule has 0 radical (unpaired) electrons. The van der Waals surface area contributed by atoms with Gasteiger partial charge in [-0.1, -0.05) is 18.2 Å². The number of nitrogens with one attached hydrogen (secondary N) is 2. The molecule has 1 atom stereocenters. The van der Waals surface area contributed by atoms with Crippen LogP contribution in [0, 0.1) is 5.92 Å². The first-order valence-corrected chi connectivity index (χ1v) is 12.4. The molecular weight excluding hydrogens is 446 g/mol. The average Bonchev–Trinajstić information content (AvgIpc) is 2.78. The maximum Gasteiger partial charge on any atom is 0.321 e. The first-order valence-electron chi connectivity index (χ1n) is 10.6. The highest BCUT2D eigenvalue weighted by atomic mass is 32.2. The zero-order valence-electron chi connectivity index (χ0n) is 18.5. The van der Waals surface area contributed by atoms with Crippen LogP contribution in [0.3, 0.4) is 0 Å². The Morgan fingerprint density at radius 2 is 1.58 bits per heavy atom. The molecule has 2 aromatic rings. The molecule has 0 saturated carbocycles. The molecule has 33 heavy (non-hydrogen) atoms. The van der Waals surface area contributed by atoms with Crippen LogP contribution in [-0.2, 0) is 19.6 Å². The zero-order valence-corrected chi connectivity index (χ0v) is 19.3. The van der Waals surface area contributed by atoms with Crippen LogP contribution in [-0.4, -0.2) is 56.6 Å². The summed E-state index contributed by atoms with van der Waals surface area (Å²) in [6.07, 6.45) is 0.959. The van der Waals surface area contributed by atoms with Crippen molar-refractivity contribution in [3.63, 3.8) is 0 Å². The minimum absolute atomic E-state index is 0.217. The number of piperidine rings is 1. The fourth-order valence-corrected chi connectivity index (χ4v) is 4.08. The average molecular weight is 474 g/mol. The van der Waals surface area contributed by atoms with Gasteiger partial charge in [-0.25, -0.2) is 13.2 Å². The Morgan fingerprint density at radius 1 is 0.970 bits per heavy atom. The zero-order chi connectivity index (χ0) is 24.0. The van der Waals surface area contributed by atoms with Crippen molar-refractivity contribution in [3.05, 3.63) is 60.2 Å². The van der Waals surface area contributed by atoms with Gasteiger partial charge in [-0.3, -0.25) is 14.3 Å². The fourth-order valence-electron chi connectivity index (χ4n) is 3.52.